The molecular weight excluding hydrogens is 362 g/mol. The molecule has 2 aromatic heterocycles. The van der Waals surface area contributed by atoms with Gasteiger partial charge in [-0.2, -0.15) is 10.4 Å². The average Bonchev–Trinajstić information content (AvgIpc) is 3.44. The van der Waals surface area contributed by atoms with Crippen molar-refractivity contribution in [2.24, 2.45) is 4.99 Å². The third-order valence-corrected chi connectivity index (χ3v) is 6.14. The van der Waals surface area contributed by atoms with E-state index in [1.807, 2.05) is 37.5 Å². The monoisotopic (exact) mass is 385 g/mol. The van der Waals surface area contributed by atoms with Crippen molar-refractivity contribution in [1.29, 1.82) is 5.26 Å². The maximum absolute atomic E-state index is 9.05. The summed E-state index contributed by atoms with van der Waals surface area (Å²) in [5, 5.41) is 17.8. The van der Waals surface area contributed by atoms with Gasteiger partial charge in [0.1, 0.15) is 0 Å². The van der Waals surface area contributed by atoms with Gasteiger partial charge in [-0.1, -0.05) is 18.2 Å². The zero-order chi connectivity index (χ0) is 19.8. The highest BCUT2D eigenvalue weighted by atomic mass is 15.3. The second-order valence-electron chi connectivity index (χ2n) is 7.79. The van der Waals surface area contributed by atoms with Crippen molar-refractivity contribution >= 4 is 16.9 Å². The highest BCUT2D eigenvalue weighted by Gasteiger charge is 2.46. The van der Waals surface area contributed by atoms with Gasteiger partial charge in [0.05, 0.1) is 11.2 Å². The summed E-state index contributed by atoms with van der Waals surface area (Å²) < 4.78 is 2.16. The van der Waals surface area contributed by atoms with E-state index in [2.05, 4.69) is 43.1 Å². The molecule has 2 aliphatic rings. The zero-order valence-corrected chi connectivity index (χ0v) is 16.5. The van der Waals surface area contributed by atoms with Crippen LogP contribution in [0, 0.1) is 11.5 Å². The van der Waals surface area contributed by atoms with E-state index in [1.165, 1.54) is 5.69 Å². The number of aromatic nitrogens is 3. The normalized spacial score (nSPS) is 21.0. The fraction of sp³-hybridized carbons (Fsp3) is 0.364. The number of benzene rings is 1. The largest absolute Gasteiger partial charge is 0.341 e. The van der Waals surface area contributed by atoms with Crippen molar-refractivity contribution in [1.82, 2.24) is 25.0 Å². The van der Waals surface area contributed by atoms with E-state index >= 15 is 0 Å². The molecule has 7 heteroatoms. The lowest BCUT2D eigenvalue weighted by atomic mass is 9.82. The van der Waals surface area contributed by atoms with Crippen LogP contribution in [0.4, 0.5) is 0 Å². The van der Waals surface area contributed by atoms with Crippen molar-refractivity contribution < 1.29 is 0 Å². The van der Waals surface area contributed by atoms with Gasteiger partial charge in [0.2, 0.25) is 5.96 Å². The van der Waals surface area contributed by atoms with Crippen LogP contribution in [0.15, 0.2) is 47.6 Å². The van der Waals surface area contributed by atoms with Gasteiger partial charge in [-0.05, 0) is 38.0 Å². The minimum absolute atomic E-state index is 0.0706. The first kappa shape index (κ1) is 17.7. The van der Waals surface area contributed by atoms with Crippen molar-refractivity contribution in [3.63, 3.8) is 0 Å². The summed E-state index contributed by atoms with van der Waals surface area (Å²) in [7, 11) is 0. The number of pyridine rings is 1. The van der Waals surface area contributed by atoms with Crippen LogP contribution in [0.1, 0.15) is 25.5 Å². The van der Waals surface area contributed by atoms with E-state index in [9.17, 15) is 0 Å². The molecule has 3 aromatic rings. The Morgan fingerprint density at radius 2 is 2.14 bits per heavy atom. The Morgan fingerprint density at radius 3 is 3.00 bits per heavy atom. The standard InChI is InChI=1S/C22H23N7/c1-2-24-21(26-15-23)28-9-7-22(14-28)8-10-29-20(22)12-19(27-29)17-11-16-5-3-4-6-18(16)25-13-17/h3-6,11-13H,2,7-10,14H2,1H3,(H,24,26). The number of rotatable bonds is 2. The summed E-state index contributed by atoms with van der Waals surface area (Å²) in [6.07, 6.45) is 6.06. The molecule has 4 heterocycles. The molecule has 0 amide bonds. The molecule has 1 aromatic carbocycles. The van der Waals surface area contributed by atoms with Crippen molar-refractivity contribution in [2.45, 2.75) is 31.7 Å². The number of likely N-dealkylation sites (tertiary alicyclic amines) is 1. The van der Waals surface area contributed by atoms with Crippen LogP contribution >= 0.6 is 0 Å². The predicted octanol–water partition coefficient (Wildman–Crippen LogP) is 2.89. The van der Waals surface area contributed by atoms with E-state index < -0.39 is 0 Å². The third-order valence-electron chi connectivity index (χ3n) is 6.14. The van der Waals surface area contributed by atoms with E-state index in [-0.39, 0.29) is 5.41 Å². The van der Waals surface area contributed by atoms with Crippen molar-refractivity contribution in [2.75, 3.05) is 19.6 Å². The second-order valence-corrected chi connectivity index (χ2v) is 7.79. The molecule has 1 N–H and O–H groups in total. The quantitative estimate of drug-likeness (QED) is 0.317. The maximum atomic E-state index is 9.05. The Bertz CT molecular complexity index is 1140. The number of hydrogen-bond donors (Lipinski definition) is 1. The first-order chi connectivity index (χ1) is 14.2. The van der Waals surface area contributed by atoms with E-state index in [0.717, 1.165) is 54.6 Å². The number of aryl methyl sites for hydroxylation is 1. The molecule has 29 heavy (non-hydrogen) atoms. The van der Waals surface area contributed by atoms with Crippen LogP contribution in [0.5, 0.6) is 0 Å². The topological polar surface area (TPSA) is 82.1 Å². The predicted molar refractivity (Wildman–Crippen MR) is 112 cm³/mol. The lowest BCUT2D eigenvalue weighted by Gasteiger charge is -2.24. The van der Waals surface area contributed by atoms with Crippen LogP contribution in [0.3, 0.4) is 0 Å². The Kier molecular flexibility index (Phi) is 4.20. The Hall–Kier alpha value is -3.40. The number of nitrogens with one attached hydrogen (secondary N) is 1. The molecule has 5 rings (SSSR count). The number of hydrogen-bond acceptors (Lipinski definition) is 4. The number of guanidine groups is 1. The lowest BCUT2D eigenvalue weighted by molar-refractivity contribution is 0.414. The first-order valence-electron chi connectivity index (χ1n) is 10.1. The number of para-hydroxylation sites is 1. The number of fused-ring (bicyclic) bond motifs is 3. The molecule has 0 aliphatic carbocycles. The van der Waals surface area contributed by atoms with E-state index in [1.54, 1.807) is 0 Å². The smallest absolute Gasteiger partial charge is 0.207 e. The summed E-state index contributed by atoms with van der Waals surface area (Å²) in [5.74, 6) is 0.684. The molecule has 1 unspecified atom stereocenters. The van der Waals surface area contributed by atoms with Crippen LogP contribution in [0.25, 0.3) is 22.2 Å². The van der Waals surface area contributed by atoms with Crippen LogP contribution < -0.4 is 5.32 Å². The van der Waals surface area contributed by atoms with Gasteiger partial charge in [0.25, 0.3) is 0 Å². The summed E-state index contributed by atoms with van der Waals surface area (Å²) in [6, 6.07) is 12.6. The third kappa shape index (κ3) is 2.92. The Labute approximate surface area is 169 Å². The van der Waals surface area contributed by atoms with E-state index in [4.69, 9.17) is 10.4 Å². The molecule has 0 saturated carbocycles. The zero-order valence-electron chi connectivity index (χ0n) is 16.5. The van der Waals surface area contributed by atoms with E-state index in [0.29, 0.717) is 12.5 Å². The molecule has 146 valence electrons. The second kappa shape index (κ2) is 6.89. The van der Waals surface area contributed by atoms with Gasteiger partial charge in [-0.3, -0.25) is 20.0 Å². The first-order valence-corrected chi connectivity index (χ1v) is 10.1. The molecule has 0 radical (unpaired) electrons. The number of aliphatic imine (C=N–C) groups is 1. The summed E-state index contributed by atoms with van der Waals surface area (Å²) in [4.78, 5) is 11.3. The molecule has 1 fully saturated rings. The van der Waals surface area contributed by atoms with Gasteiger partial charge in [0, 0.05) is 54.4 Å². The minimum Gasteiger partial charge on any atom is -0.341 e. The number of nitrogens with zero attached hydrogens (tertiary/aromatic N) is 6. The lowest BCUT2D eigenvalue weighted by Crippen LogP contribution is -2.40. The van der Waals surface area contributed by atoms with Gasteiger partial charge in [-0.15, -0.1) is 0 Å². The van der Waals surface area contributed by atoms with Gasteiger partial charge < -0.3 is 4.90 Å². The fourth-order valence-electron chi connectivity index (χ4n) is 4.70. The SMILES string of the molecule is CCN=C(NC#N)N1CCC2(CCn3nc(-c4cnc5ccccc5c4)cc32)C1. The highest BCUT2D eigenvalue weighted by molar-refractivity contribution is 5.83. The molecule has 1 saturated heterocycles. The van der Waals surface area contributed by atoms with Gasteiger partial charge in [-0.25, -0.2) is 0 Å². The van der Waals surface area contributed by atoms with Crippen molar-refractivity contribution in [3.05, 3.63) is 48.3 Å². The molecule has 7 nitrogen and oxygen atoms in total. The molecular formula is C22H23N7. The summed E-state index contributed by atoms with van der Waals surface area (Å²) in [5.41, 5.74) is 4.39. The van der Waals surface area contributed by atoms with Crippen LogP contribution in [0.2, 0.25) is 0 Å². The van der Waals surface area contributed by atoms with Crippen LogP contribution in [-0.2, 0) is 12.0 Å². The molecule has 1 atom stereocenters. The maximum Gasteiger partial charge on any atom is 0.207 e. The molecule has 0 bridgehead atoms. The van der Waals surface area contributed by atoms with Crippen LogP contribution in [-0.4, -0.2) is 45.3 Å². The van der Waals surface area contributed by atoms with Crippen molar-refractivity contribution in [3.8, 4) is 17.5 Å². The fourth-order valence-corrected chi connectivity index (χ4v) is 4.70. The summed E-state index contributed by atoms with van der Waals surface area (Å²) >= 11 is 0. The molecule has 2 aliphatic heterocycles. The highest BCUT2D eigenvalue weighted by Crippen LogP contribution is 2.43. The van der Waals surface area contributed by atoms with Gasteiger partial charge in [0.15, 0.2) is 6.19 Å². The molecule has 1 spiro atoms. The number of nitriles is 1. The summed E-state index contributed by atoms with van der Waals surface area (Å²) in [6.45, 7) is 5.33. The minimum atomic E-state index is 0.0706. The van der Waals surface area contributed by atoms with Gasteiger partial charge >= 0.3 is 0 Å². The average molecular weight is 385 g/mol. The Morgan fingerprint density at radius 1 is 1.28 bits per heavy atom. The Balaban J connectivity index is 1.46.